The van der Waals surface area contributed by atoms with Gasteiger partial charge >= 0.3 is 0 Å². The molecule has 12 heavy (non-hydrogen) atoms. The van der Waals surface area contributed by atoms with Crippen LogP contribution in [0.1, 0.15) is 46.5 Å². The smallest absolute Gasteiger partial charge is 0.168 e. The van der Waals surface area contributed by atoms with E-state index in [9.17, 15) is 0 Å². The van der Waals surface area contributed by atoms with E-state index < -0.39 is 0 Å². The van der Waals surface area contributed by atoms with E-state index in [0.717, 1.165) is 32.3 Å². The lowest BCUT2D eigenvalue weighted by Gasteiger charge is -2.26. The number of hydrogen-bond acceptors (Lipinski definition) is 2. The minimum Gasteiger partial charge on any atom is -0.347 e. The van der Waals surface area contributed by atoms with Crippen molar-refractivity contribution in [1.82, 2.24) is 0 Å². The topological polar surface area (TPSA) is 18.5 Å². The molecule has 1 atom stereocenters. The van der Waals surface area contributed by atoms with Crippen molar-refractivity contribution in [1.29, 1.82) is 0 Å². The standard InChI is InChI=1S/C10H20O2/c1-4-6-10(7-5-2)11-8-9(3)12-10/h9H,4-8H2,1-3H3. The Morgan fingerprint density at radius 1 is 1.25 bits per heavy atom. The maximum atomic E-state index is 5.81. The second kappa shape index (κ2) is 4.24. The predicted molar refractivity (Wildman–Crippen MR) is 49.0 cm³/mol. The van der Waals surface area contributed by atoms with Gasteiger partial charge in [-0.1, -0.05) is 26.7 Å². The van der Waals surface area contributed by atoms with E-state index in [2.05, 4.69) is 20.8 Å². The first-order valence-electron chi connectivity index (χ1n) is 5.04. The van der Waals surface area contributed by atoms with Crippen LogP contribution in [0.3, 0.4) is 0 Å². The second-order valence-electron chi connectivity index (χ2n) is 3.65. The summed E-state index contributed by atoms with van der Waals surface area (Å²) in [6.45, 7) is 7.19. The van der Waals surface area contributed by atoms with Crippen molar-refractivity contribution in [3.63, 3.8) is 0 Å². The van der Waals surface area contributed by atoms with Crippen LogP contribution in [0, 0.1) is 0 Å². The van der Waals surface area contributed by atoms with Crippen LogP contribution in [-0.4, -0.2) is 18.5 Å². The van der Waals surface area contributed by atoms with Gasteiger partial charge in [-0.25, -0.2) is 0 Å². The highest BCUT2D eigenvalue weighted by Crippen LogP contribution is 2.32. The van der Waals surface area contributed by atoms with Crippen molar-refractivity contribution in [3.8, 4) is 0 Å². The van der Waals surface area contributed by atoms with Gasteiger partial charge in [0.2, 0.25) is 0 Å². The number of hydrogen-bond donors (Lipinski definition) is 0. The molecular formula is C10H20O2. The average Bonchev–Trinajstić information content (AvgIpc) is 2.34. The van der Waals surface area contributed by atoms with Gasteiger partial charge in [-0.3, -0.25) is 0 Å². The summed E-state index contributed by atoms with van der Waals surface area (Å²) in [6.07, 6.45) is 4.61. The van der Waals surface area contributed by atoms with Crippen LogP contribution in [0.25, 0.3) is 0 Å². The van der Waals surface area contributed by atoms with E-state index in [0.29, 0.717) is 0 Å². The van der Waals surface area contributed by atoms with E-state index in [1.165, 1.54) is 0 Å². The molecule has 0 aromatic carbocycles. The third-order valence-corrected chi connectivity index (χ3v) is 2.26. The Bertz CT molecular complexity index is 122. The molecule has 0 N–H and O–H groups in total. The van der Waals surface area contributed by atoms with Gasteiger partial charge in [0.25, 0.3) is 0 Å². The highest BCUT2D eigenvalue weighted by Gasteiger charge is 2.37. The maximum Gasteiger partial charge on any atom is 0.168 e. The summed E-state index contributed by atoms with van der Waals surface area (Å²) in [5, 5.41) is 0. The van der Waals surface area contributed by atoms with Crippen LogP contribution in [0.2, 0.25) is 0 Å². The summed E-state index contributed by atoms with van der Waals surface area (Å²) in [5.74, 6) is -0.233. The highest BCUT2D eigenvalue weighted by molar-refractivity contribution is 4.76. The molecule has 1 heterocycles. The molecule has 1 rings (SSSR count). The van der Waals surface area contributed by atoms with Gasteiger partial charge in [0.05, 0.1) is 12.7 Å². The Labute approximate surface area is 75.2 Å². The molecule has 0 aromatic heterocycles. The van der Waals surface area contributed by atoms with Gasteiger partial charge in [0.15, 0.2) is 5.79 Å². The largest absolute Gasteiger partial charge is 0.347 e. The van der Waals surface area contributed by atoms with Crippen molar-refractivity contribution in [2.45, 2.75) is 58.3 Å². The minimum absolute atomic E-state index is 0.233. The zero-order valence-corrected chi connectivity index (χ0v) is 8.43. The summed E-state index contributed by atoms with van der Waals surface area (Å²) >= 11 is 0. The SMILES string of the molecule is CCCC1(CCC)OCC(C)O1. The Morgan fingerprint density at radius 3 is 2.17 bits per heavy atom. The highest BCUT2D eigenvalue weighted by atomic mass is 16.7. The van der Waals surface area contributed by atoms with Crippen molar-refractivity contribution in [3.05, 3.63) is 0 Å². The normalized spacial score (nSPS) is 27.8. The monoisotopic (exact) mass is 172 g/mol. The summed E-state index contributed by atoms with van der Waals surface area (Å²) in [7, 11) is 0. The molecule has 0 radical (unpaired) electrons. The molecule has 1 fully saturated rings. The minimum atomic E-state index is -0.233. The molecule has 1 aliphatic rings. The van der Waals surface area contributed by atoms with Crippen LogP contribution in [0.4, 0.5) is 0 Å². The lowest BCUT2D eigenvalue weighted by Crippen LogP contribution is -2.30. The number of ether oxygens (including phenoxy) is 2. The second-order valence-corrected chi connectivity index (χ2v) is 3.65. The molecule has 0 spiro atoms. The van der Waals surface area contributed by atoms with Crippen molar-refractivity contribution in [2.24, 2.45) is 0 Å². The fraction of sp³-hybridized carbons (Fsp3) is 1.00. The maximum absolute atomic E-state index is 5.81. The zero-order chi connectivity index (χ0) is 9.03. The van der Waals surface area contributed by atoms with Gasteiger partial charge in [-0.05, 0) is 6.92 Å². The quantitative estimate of drug-likeness (QED) is 0.649. The molecule has 0 aliphatic carbocycles. The third-order valence-electron chi connectivity index (χ3n) is 2.26. The van der Waals surface area contributed by atoms with Crippen LogP contribution >= 0.6 is 0 Å². The van der Waals surface area contributed by atoms with Crippen LogP contribution in [-0.2, 0) is 9.47 Å². The molecule has 2 nitrogen and oxygen atoms in total. The molecule has 0 bridgehead atoms. The molecule has 0 saturated carbocycles. The first kappa shape index (κ1) is 10.0. The van der Waals surface area contributed by atoms with E-state index in [1.807, 2.05) is 0 Å². The van der Waals surface area contributed by atoms with Crippen LogP contribution in [0.5, 0.6) is 0 Å². The first-order valence-corrected chi connectivity index (χ1v) is 5.04. The molecule has 0 aromatic rings. The van der Waals surface area contributed by atoms with Crippen molar-refractivity contribution >= 4 is 0 Å². The Balaban J connectivity index is 2.48. The van der Waals surface area contributed by atoms with E-state index in [4.69, 9.17) is 9.47 Å². The fourth-order valence-corrected chi connectivity index (χ4v) is 1.85. The summed E-state index contributed by atoms with van der Waals surface area (Å²) in [4.78, 5) is 0. The Morgan fingerprint density at radius 2 is 1.83 bits per heavy atom. The first-order chi connectivity index (χ1) is 5.72. The van der Waals surface area contributed by atoms with Crippen molar-refractivity contribution < 1.29 is 9.47 Å². The molecule has 1 aliphatic heterocycles. The van der Waals surface area contributed by atoms with E-state index in [-0.39, 0.29) is 11.9 Å². The zero-order valence-electron chi connectivity index (χ0n) is 8.43. The molecule has 0 amide bonds. The third kappa shape index (κ3) is 2.20. The summed E-state index contributed by atoms with van der Waals surface area (Å²) in [6, 6.07) is 0. The van der Waals surface area contributed by atoms with E-state index in [1.54, 1.807) is 0 Å². The van der Waals surface area contributed by atoms with Gasteiger partial charge in [0.1, 0.15) is 0 Å². The lowest BCUT2D eigenvalue weighted by atomic mass is 10.1. The Hall–Kier alpha value is -0.0800. The van der Waals surface area contributed by atoms with Gasteiger partial charge in [-0.15, -0.1) is 0 Å². The molecular weight excluding hydrogens is 152 g/mol. The summed E-state index contributed by atoms with van der Waals surface area (Å²) < 4.78 is 11.5. The van der Waals surface area contributed by atoms with Gasteiger partial charge in [0, 0.05) is 12.8 Å². The fourth-order valence-electron chi connectivity index (χ4n) is 1.85. The van der Waals surface area contributed by atoms with Crippen molar-refractivity contribution in [2.75, 3.05) is 6.61 Å². The average molecular weight is 172 g/mol. The number of rotatable bonds is 4. The predicted octanol–water partition coefficient (Wildman–Crippen LogP) is 2.72. The van der Waals surface area contributed by atoms with E-state index >= 15 is 0 Å². The Kier molecular flexibility index (Phi) is 3.53. The molecule has 2 heteroatoms. The molecule has 1 unspecified atom stereocenters. The molecule has 1 saturated heterocycles. The molecule has 72 valence electrons. The summed E-state index contributed by atoms with van der Waals surface area (Å²) in [5.41, 5.74) is 0. The lowest BCUT2D eigenvalue weighted by molar-refractivity contribution is -0.176. The van der Waals surface area contributed by atoms with Gasteiger partial charge < -0.3 is 9.47 Å². The van der Waals surface area contributed by atoms with Crippen LogP contribution < -0.4 is 0 Å². The van der Waals surface area contributed by atoms with Crippen LogP contribution in [0.15, 0.2) is 0 Å². The van der Waals surface area contributed by atoms with Gasteiger partial charge in [-0.2, -0.15) is 0 Å².